The number of hydrogen-bond donors (Lipinski definition) is 0. The van der Waals surface area contributed by atoms with E-state index in [4.69, 9.17) is 0 Å². The van der Waals surface area contributed by atoms with E-state index in [1.807, 2.05) is 31.7 Å². The van der Waals surface area contributed by atoms with Crippen molar-refractivity contribution in [2.75, 3.05) is 26.2 Å². The van der Waals surface area contributed by atoms with Crippen LogP contribution in [0, 0.1) is 23.7 Å². The normalized spacial score (nSPS) is 17.0. The summed E-state index contributed by atoms with van der Waals surface area (Å²) in [7, 11) is 0. The third kappa shape index (κ3) is 11.4. The summed E-state index contributed by atoms with van der Waals surface area (Å²) in [6, 6.07) is 35.2. The standard InChI is InChI=1S/C76H86N4O4S4/c1-9-17-23-47(13-5)43-77-69(59-27-21-37-85-59)65-67(75(77)83)71(79(73(65)81)45-49(15-7)25-19-11-3)61-35-33-57(87-61)55-39-51-29-31-53-41-56(42-54-32-30-52(40-55)63(51)64(53)54)58-34-36-62(88-58)72-68-66(74(82)80(72)46-50(16-8)26-20-12-4)70(60-28-22-38-86-60)78(76(68)84)44-48(14-6)24-18-10-2/h21-22,27-42,47-50H,9-20,23-26,43-46H2,1-8H3. The number of benzene rings is 4. The third-order valence-corrected chi connectivity index (χ3v) is 23.6. The number of hydrogen-bond acceptors (Lipinski definition) is 8. The zero-order chi connectivity index (χ0) is 61.3. The number of carbonyl (C=O) groups excluding carboxylic acids is 4. The zero-order valence-electron chi connectivity index (χ0n) is 52.9. The summed E-state index contributed by atoms with van der Waals surface area (Å²) in [6.45, 7) is 20.2. The minimum absolute atomic E-state index is 0.0421. The maximum absolute atomic E-state index is 15.3. The molecule has 4 aliphatic heterocycles. The molecule has 12 heteroatoms. The summed E-state index contributed by atoms with van der Waals surface area (Å²) in [5, 5.41) is 11.2. The van der Waals surface area contributed by atoms with Gasteiger partial charge in [-0.15, -0.1) is 45.3 Å². The van der Waals surface area contributed by atoms with Crippen molar-refractivity contribution < 1.29 is 19.2 Å². The van der Waals surface area contributed by atoms with E-state index in [9.17, 15) is 0 Å². The maximum atomic E-state index is 15.3. The Kier molecular flexibility index (Phi) is 18.9. The molecule has 4 unspecified atom stereocenters. The molecule has 4 aliphatic rings. The lowest BCUT2D eigenvalue weighted by atomic mass is 9.91. The fourth-order valence-electron chi connectivity index (χ4n) is 14.4. The molecule has 4 amide bonds. The van der Waals surface area contributed by atoms with Crippen molar-refractivity contribution in [1.82, 2.24) is 19.6 Å². The smallest absolute Gasteiger partial charge is 0.261 e. The highest BCUT2D eigenvalue weighted by Crippen LogP contribution is 2.53. The number of carbonyl (C=O) groups is 4. The predicted octanol–water partition coefficient (Wildman–Crippen LogP) is 20.6. The Morgan fingerprint density at radius 3 is 0.864 bits per heavy atom. The molecule has 458 valence electrons. The molecular formula is C76H86N4O4S4. The number of nitrogens with zero attached hydrogens (tertiary/aromatic N) is 4. The maximum Gasteiger partial charge on any atom is 0.261 e. The van der Waals surface area contributed by atoms with Crippen LogP contribution < -0.4 is 0 Å². The number of rotatable bonds is 30. The third-order valence-electron chi connectivity index (χ3n) is 19.6. The largest absolute Gasteiger partial charge is 0.306 e. The minimum Gasteiger partial charge on any atom is -0.306 e. The van der Waals surface area contributed by atoms with Crippen LogP contribution >= 0.6 is 45.3 Å². The second-order valence-corrected chi connectivity index (χ2v) is 29.3. The lowest BCUT2D eigenvalue weighted by Gasteiger charge is -2.29. The summed E-state index contributed by atoms with van der Waals surface area (Å²) in [4.78, 5) is 75.0. The molecule has 88 heavy (non-hydrogen) atoms. The molecule has 0 N–H and O–H groups in total. The van der Waals surface area contributed by atoms with Gasteiger partial charge >= 0.3 is 0 Å². The van der Waals surface area contributed by atoms with Gasteiger partial charge in [0.05, 0.1) is 64.6 Å². The Morgan fingerprint density at radius 1 is 0.341 bits per heavy atom. The lowest BCUT2D eigenvalue weighted by Crippen LogP contribution is -2.34. The van der Waals surface area contributed by atoms with Crippen molar-refractivity contribution in [1.29, 1.82) is 0 Å². The van der Waals surface area contributed by atoms with E-state index in [1.165, 1.54) is 10.8 Å². The van der Waals surface area contributed by atoms with Gasteiger partial charge in [-0.1, -0.05) is 169 Å². The van der Waals surface area contributed by atoms with Gasteiger partial charge < -0.3 is 19.6 Å². The fraction of sp³-hybridized carbons (Fsp3) is 0.421. The van der Waals surface area contributed by atoms with Crippen LogP contribution in [0.5, 0.6) is 0 Å². The average Bonchev–Trinajstić information content (AvgIpc) is 1.50. The predicted molar refractivity (Wildman–Crippen MR) is 373 cm³/mol. The Bertz CT molecular complexity index is 3700. The fourth-order valence-corrected chi connectivity index (χ4v) is 18.1. The van der Waals surface area contributed by atoms with Crippen molar-refractivity contribution in [3.05, 3.63) is 150 Å². The zero-order valence-corrected chi connectivity index (χ0v) is 56.2. The number of fused-ring (bicyclic) bond motifs is 2. The molecule has 0 radical (unpaired) electrons. The lowest BCUT2D eigenvalue weighted by molar-refractivity contribution is -0.124. The van der Waals surface area contributed by atoms with Crippen LogP contribution in [0.1, 0.15) is 178 Å². The van der Waals surface area contributed by atoms with Gasteiger partial charge in [-0.2, -0.15) is 0 Å². The molecule has 4 aromatic heterocycles. The first-order valence-electron chi connectivity index (χ1n) is 33.2. The molecule has 0 aliphatic carbocycles. The van der Waals surface area contributed by atoms with Gasteiger partial charge in [0.1, 0.15) is 0 Å². The Morgan fingerprint density at radius 2 is 0.614 bits per heavy atom. The second-order valence-electron chi connectivity index (χ2n) is 25.2. The molecule has 12 rings (SSSR count). The Hall–Kier alpha value is -6.44. The first-order chi connectivity index (χ1) is 43.0. The van der Waals surface area contributed by atoms with E-state index in [2.05, 4.69) is 151 Å². The van der Waals surface area contributed by atoms with Gasteiger partial charge in [-0.3, -0.25) is 19.2 Å². The molecular weight excluding hydrogens is 1160 g/mol. The first-order valence-corrected chi connectivity index (χ1v) is 36.6. The molecule has 0 fully saturated rings. The molecule has 4 atom stereocenters. The van der Waals surface area contributed by atoms with E-state index in [-0.39, 0.29) is 23.6 Å². The second kappa shape index (κ2) is 26.9. The molecule has 4 aromatic carbocycles. The molecule has 0 spiro atoms. The highest BCUT2D eigenvalue weighted by Gasteiger charge is 2.52. The molecule has 8 nitrogen and oxygen atoms in total. The van der Waals surface area contributed by atoms with Gasteiger partial charge in [-0.25, -0.2) is 0 Å². The molecule has 8 heterocycles. The number of amides is 4. The van der Waals surface area contributed by atoms with Gasteiger partial charge in [0.25, 0.3) is 23.6 Å². The Balaban J connectivity index is 0.902. The number of thiophene rings is 4. The number of unbranched alkanes of at least 4 members (excludes halogenated alkanes) is 4. The van der Waals surface area contributed by atoms with Crippen molar-refractivity contribution in [3.8, 4) is 20.9 Å². The van der Waals surface area contributed by atoms with Crippen LogP contribution in [0.3, 0.4) is 0 Å². The van der Waals surface area contributed by atoms with E-state index in [1.54, 1.807) is 45.3 Å². The highest BCUT2D eigenvalue weighted by atomic mass is 32.1. The summed E-state index contributed by atoms with van der Waals surface area (Å²) in [6.07, 6.45) is 16.9. The van der Waals surface area contributed by atoms with E-state index in [0.29, 0.717) is 72.1 Å². The van der Waals surface area contributed by atoms with Crippen molar-refractivity contribution in [2.45, 2.75) is 158 Å². The molecule has 0 bridgehead atoms. The van der Waals surface area contributed by atoms with Crippen molar-refractivity contribution in [3.63, 3.8) is 0 Å². The summed E-state index contributed by atoms with van der Waals surface area (Å²) in [5.74, 6) is 1.16. The van der Waals surface area contributed by atoms with Gasteiger partial charge in [0.15, 0.2) is 0 Å². The van der Waals surface area contributed by atoms with Crippen LogP contribution in [-0.2, 0) is 19.2 Å². The average molecular weight is 1250 g/mol. The SMILES string of the molecule is CCCCC(CC)CN1C(=O)C2=C(c3ccc(-c4cc5ccc6cc(-c7ccc(C8=C9C(=O)N(CC(CC)CCCC)C(c%10cccs%10)=C9C(=O)N8CC(CC)CCCC)s7)cc7ccc(c4)c5c67)s3)N(CC(CC)CCCC)C(=O)C2=C1c1cccs1. The van der Waals surface area contributed by atoms with Crippen molar-refractivity contribution >= 4 is 124 Å². The quantitative estimate of drug-likeness (QED) is 0.0420. The Labute approximate surface area is 537 Å². The molecule has 0 saturated heterocycles. The van der Waals surface area contributed by atoms with Crippen molar-refractivity contribution in [2.24, 2.45) is 23.7 Å². The monoisotopic (exact) mass is 1250 g/mol. The van der Waals surface area contributed by atoms with E-state index in [0.717, 1.165) is 187 Å². The molecule has 0 saturated carbocycles. The van der Waals surface area contributed by atoms with Crippen LogP contribution in [-0.4, -0.2) is 69.4 Å². The van der Waals surface area contributed by atoms with E-state index < -0.39 is 0 Å². The van der Waals surface area contributed by atoms with Crippen LogP contribution in [0.4, 0.5) is 0 Å². The van der Waals surface area contributed by atoms with Crippen LogP contribution in [0.25, 0.3) is 76.0 Å². The van der Waals surface area contributed by atoms with Gasteiger partial charge in [0.2, 0.25) is 0 Å². The highest BCUT2D eigenvalue weighted by molar-refractivity contribution is 7.17. The summed E-state index contributed by atoms with van der Waals surface area (Å²) >= 11 is 6.58. The van der Waals surface area contributed by atoms with Crippen LogP contribution in [0.15, 0.2) is 130 Å². The molecule has 8 aromatic rings. The van der Waals surface area contributed by atoms with E-state index >= 15 is 19.2 Å². The first kappa shape index (κ1) is 61.8. The topological polar surface area (TPSA) is 81.2 Å². The van der Waals surface area contributed by atoms with Gasteiger partial charge in [0, 0.05) is 35.9 Å². The summed E-state index contributed by atoms with van der Waals surface area (Å²) < 4.78 is 0. The van der Waals surface area contributed by atoms with Crippen LogP contribution in [0.2, 0.25) is 0 Å². The minimum atomic E-state index is -0.0421. The summed E-state index contributed by atoms with van der Waals surface area (Å²) in [5.41, 5.74) is 7.68. The van der Waals surface area contributed by atoms with Gasteiger partial charge in [-0.05, 0) is 164 Å².